The zero-order valence-corrected chi connectivity index (χ0v) is 10.1. The van der Waals surface area contributed by atoms with Crippen molar-refractivity contribution in [3.05, 3.63) is 59.7 Å². The van der Waals surface area contributed by atoms with Gasteiger partial charge in [-0.05, 0) is 29.8 Å². The van der Waals surface area contributed by atoms with Crippen LogP contribution < -0.4 is 4.74 Å². The highest BCUT2D eigenvalue weighted by molar-refractivity contribution is 6.21. The van der Waals surface area contributed by atoms with Crippen molar-refractivity contribution in [1.82, 2.24) is 0 Å². The predicted octanol–water partition coefficient (Wildman–Crippen LogP) is 3.95. The van der Waals surface area contributed by atoms with Gasteiger partial charge < -0.3 is 4.74 Å². The summed E-state index contributed by atoms with van der Waals surface area (Å²) in [5.41, 5.74) is 4.52. The zero-order valence-electron chi connectivity index (χ0n) is 10.1. The minimum atomic E-state index is 0.873. The molecule has 0 atom stereocenters. The van der Waals surface area contributed by atoms with Crippen LogP contribution in [0.25, 0.3) is 11.6 Å². The molecular formula is C16H13NO. The molecule has 3 rings (SSSR count). The predicted molar refractivity (Wildman–Crippen MR) is 75.5 cm³/mol. The largest absolute Gasteiger partial charge is 0.497 e. The van der Waals surface area contributed by atoms with Gasteiger partial charge in [0.15, 0.2) is 0 Å². The number of rotatable bonds is 2. The lowest BCUT2D eigenvalue weighted by atomic mass is 10.0. The van der Waals surface area contributed by atoms with Crippen molar-refractivity contribution >= 4 is 23.6 Å². The topological polar surface area (TPSA) is 21.6 Å². The fourth-order valence-electron chi connectivity index (χ4n) is 2.03. The lowest BCUT2D eigenvalue weighted by Crippen LogP contribution is -1.83. The summed E-state index contributed by atoms with van der Waals surface area (Å²) in [7, 11) is 1.67. The van der Waals surface area contributed by atoms with Gasteiger partial charge >= 0.3 is 0 Å². The van der Waals surface area contributed by atoms with Gasteiger partial charge in [0.2, 0.25) is 0 Å². The maximum Gasteiger partial charge on any atom is 0.118 e. The van der Waals surface area contributed by atoms with E-state index in [9.17, 15) is 0 Å². The van der Waals surface area contributed by atoms with E-state index in [1.165, 1.54) is 5.56 Å². The van der Waals surface area contributed by atoms with E-state index >= 15 is 0 Å². The van der Waals surface area contributed by atoms with Crippen LogP contribution in [0.15, 0.2) is 53.5 Å². The maximum atomic E-state index is 5.15. The smallest absolute Gasteiger partial charge is 0.118 e. The normalized spacial score (nSPS) is 14.8. The Hall–Kier alpha value is -2.35. The summed E-state index contributed by atoms with van der Waals surface area (Å²) in [5, 5.41) is 0. The van der Waals surface area contributed by atoms with Crippen LogP contribution in [-0.4, -0.2) is 13.3 Å². The minimum Gasteiger partial charge on any atom is -0.497 e. The van der Waals surface area contributed by atoms with Crippen molar-refractivity contribution in [3.63, 3.8) is 0 Å². The van der Waals surface area contributed by atoms with Gasteiger partial charge in [-0.3, -0.25) is 4.99 Å². The Morgan fingerprint density at radius 2 is 1.78 bits per heavy atom. The molecule has 18 heavy (non-hydrogen) atoms. The Morgan fingerprint density at radius 3 is 2.56 bits per heavy atom. The van der Waals surface area contributed by atoms with Crippen molar-refractivity contribution < 1.29 is 4.74 Å². The van der Waals surface area contributed by atoms with Gasteiger partial charge in [0.05, 0.1) is 12.8 Å². The first-order valence-electron chi connectivity index (χ1n) is 5.86. The van der Waals surface area contributed by atoms with Crippen LogP contribution in [0.5, 0.6) is 5.75 Å². The second kappa shape index (κ2) is 4.49. The van der Waals surface area contributed by atoms with Crippen molar-refractivity contribution in [3.8, 4) is 5.75 Å². The number of hydrogen-bond donors (Lipinski definition) is 0. The van der Waals surface area contributed by atoms with Gasteiger partial charge in [0.1, 0.15) is 5.75 Å². The van der Waals surface area contributed by atoms with Crippen LogP contribution in [0.3, 0.4) is 0 Å². The average molecular weight is 235 g/mol. The summed E-state index contributed by atoms with van der Waals surface area (Å²) in [4.78, 5) is 4.39. The highest BCUT2D eigenvalue weighted by atomic mass is 16.5. The number of ether oxygens (including phenoxy) is 1. The Morgan fingerprint density at radius 1 is 1.00 bits per heavy atom. The molecule has 0 radical (unpaired) electrons. The molecule has 0 fully saturated rings. The molecule has 1 heterocycles. The third-order valence-electron chi connectivity index (χ3n) is 3.00. The lowest BCUT2D eigenvalue weighted by Gasteiger charge is -2.01. The van der Waals surface area contributed by atoms with Crippen LogP contribution >= 0.6 is 0 Å². The number of aliphatic imine (C=N–C) groups is 1. The standard InChI is InChI=1S/C16H13NO/c1-18-14-8-6-12(7-9-14)10-13-11-17-16-5-3-2-4-15(13)16/h2-11H,1H3/b13-10+. The molecule has 0 amide bonds. The van der Waals surface area contributed by atoms with Gasteiger partial charge in [-0.1, -0.05) is 30.3 Å². The van der Waals surface area contributed by atoms with E-state index in [0.717, 1.165) is 22.6 Å². The maximum absolute atomic E-state index is 5.15. The molecule has 0 aliphatic carbocycles. The third kappa shape index (κ3) is 1.93. The number of nitrogens with zero attached hydrogens (tertiary/aromatic N) is 1. The van der Waals surface area contributed by atoms with Gasteiger partial charge in [-0.2, -0.15) is 0 Å². The van der Waals surface area contributed by atoms with Crippen LogP contribution in [0, 0.1) is 0 Å². The van der Waals surface area contributed by atoms with E-state index in [1.807, 2.05) is 48.7 Å². The van der Waals surface area contributed by atoms with Crippen LogP contribution in [0.1, 0.15) is 11.1 Å². The number of hydrogen-bond acceptors (Lipinski definition) is 2. The molecule has 0 bridgehead atoms. The Kier molecular flexibility index (Phi) is 2.69. The number of para-hydroxylation sites is 1. The highest BCUT2D eigenvalue weighted by Crippen LogP contribution is 2.32. The molecule has 2 nitrogen and oxygen atoms in total. The molecule has 2 heteroatoms. The number of benzene rings is 2. The fraction of sp³-hybridized carbons (Fsp3) is 0.0625. The molecule has 0 N–H and O–H groups in total. The van der Waals surface area contributed by atoms with E-state index < -0.39 is 0 Å². The van der Waals surface area contributed by atoms with E-state index in [2.05, 4.69) is 17.1 Å². The molecule has 88 valence electrons. The number of allylic oxidation sites excluding steroid dienone is 1. The summed E-state index contributed by atoms with van der Waals surface area (Å²) < 4.78 is 5.15. The van der Waals surface area contributed by atoms with E-state index in [-0.39, 0.29) is 0 Å². The molecule has 0 spiro atoms. The Bertz CT molecular complexity index is 624. The van der Waals surface area contributed by atoms with E-state index in [4.69, 9.17) is 4.74 Å². The van der Waals surface area contributed by atoms with Crippen molar-refractivity contribution in [2.45, 2.75) is 0 Å². The molecule has 2 aromatic rings. The SMILES string of the molecule is COc1ccc(/C=C2\C=Nc3ccccc32)cc1. The molecule has 0 aromatic heterocycles. The number of fused-ring (bicyclic) bond motifs is 1. The average Bonchev–Trinajstić information content (AvgIpc) is 2.83. The lowest BCUT2D eigenvalue weighted by molar-refractivity contribution is 0.415. The Balaban J connectivity index is 1.96. The van der Waals surface area contributed by atoms with Crippen molar-refractivity contribution in [2.75, 3.05) is 7.11 Å². The summed E-state index contributed by atoms with van der Waals surface area (Å²) in [6.07, 6.45) is 4.05. The van der Waals surface area contributed by atoms with Crippen LogP contribution in [-0.2, 0) is 0 Å². The molecule has 0 saturated heterocycles. The fourth-order valence-corrected chi connectivity index (χ4v) is 2.03. The van der Waals surface area contributed by atoms with Gasteiger partial charge in [0.25, 0.3) is 0 Å². The van der Waals surface area contributed by atoms with Gasteiger partial charge in [-0.25, -0.2) is 0 Å². The molecule has 2 aromatic carbocycles. The number of methoxy groups -OCH3 is 1. The first kappa shape index (κ1) is 10.8. The highest BCUT2D eigenvalue weighted by Gasteiger charge is 2.10. The quantitative estimate of drug-likeness (QED) is 0.772. The molecule has 0 saturated carbocycles. The van der Waals surface area contributed by atoms with E-state index in [0.29, 0.717) is 0 Å². The van der Waals surface area contributed by atoms with Gasteiger partial charge in [0, 0.05) is 17.4 Å². The summed E-state index contributed by atoms with van der Waals surface area (Å²) in [6.45, 7) is 0. The second-order valence-corrected chi connectivity index (χ2v) is 4.15. The molecular weight excluding hydrogens is 222 g/mol. The minimum absolute atomic E-state index is 0.873. The summed E-state index contributed by atoms with van der Waals surface area (Å²) in [5.74, 6) is 0.873. The van der Waals surface area contributed by atoms with Crippen molar-refractivity contribution in [2.24, 2.45) is 4.99 Å². The molecule has 0 unspecified atom stereocenters. The second-order valence-electron chi connectivity index (χ2n) is 4.15. The monoisotopic (exact) mass is 235 g/mol. The first-order chi connectivity index (χ1) is 8.86. The van der Waals surface area contributed by atoms with Crippen molar-refractivity contribution in [1.29, 1.82) is 0 Å². The molecule has 1 aliphatic rings. The zero-order chi connectivity index (χ0) is 12.4. The first-order valence-corrected chi connectivity index (χ1v) is 5.86. The van der Waals surface area contributed by atoms with Crippen LogP contribution in [0.2, 0.25) is 0 Å². The van der Waals surface area contributed by atoms with E-state index in [1.54, 1.807) is 7.11 Å². The summed E-state index contributed by atoms with van der Waals surface area (Å²) >= 11 is 0. The van der Waals surface area contributed by atoms with Gasteiger partial charge in [-0.15, -0.1) is 0 Å². The van der Waals surface area contributed by atoms with Crippen LogP contribution in [0.4, 0.5) is 5.69 Å². The third-order valence-corrected chi connectivity index (χ3v) is 3.00. The summed E-state index contributed by atoms with van der Waals surface area (Å²) in [6, 6.07) is 16.2. The molecule has 1 aliphatic heterocycles. The Labute approximate surface area is 106 Å².